The van der Waals surface area contributed by atoms with Crippen LogP contribution in [0.5, 0.6) is 0 Å². The molecule has 0 aliphatic carbocycles. The number of hydrogen-bond donors (Lipinski definition) is 0. The van der Waals surface area contributed by atoms with Crippen molar-refractivity contribution in [3.8, 4) is 11.1 Å². The lowest BCUT2D eigenvalue weighted by atomic mass is 10.0. The summed E-state index contributed by atoms with van der Waals surface area (Å²) in [5, 5.41) is 2.55. The fourth-order valence-corrected chi connectivity index (χ4v) is 4.80. The monoisotopic (exact) mass is 535 g/mol. The van der Waals surface area contributed by atoms with Gasteiger partial charge in [-0.3, -0.25) is 19.9 Å². The average molecular weight is 537 g/mol. The fourth-order valence-electron chi connectivity index (χ4n) is 3.69. The summed E-state index contributed by atoms with van der Waals surface area (Å²) in [5.41, 5.74) is 6.61. The highest BCUT2D eigenvalue weighted by Gasteiger charge is 2.09. The average Bonchev–Trinajstić information content (AvgIpc) is 3.19. The Hall–Kier alpha value is -3.06. The molecule has 6 rings (SSSR count). The Balaban J connectivity index is 0.000000162. The summed E-state index contributed by atoms with van der Waals surface area (Å²) in [4.78, 5) is 17.1. The third kappa shape index (κ3) is 4.42. The second-order valence-electron chi connectivity index (χ2n) is 7.39. The minimum atomic E-state index is 0.662. The van der Waals surface area contributed by atoms with Gasteiger partial charge in [-0.1, -0.05) is 35.3 Å². The molecule has 0 radical (unpaired) electrons. The predicted molar refractivity (Wildman–Crippen MR) is 139 cm³/mol. The van der Waals surface area contributed by atoms with Crippen LogP contribution < -0.4 is 0 Å². The van der Waals surface area contributed by atoms with E-state index in [-0.39, 0.29) is 0 Å². The van der Waals surface area contributed by atoms with Gasteiger partial charge in [-0.25, -0.2) is 0 Å². The molecule has 3 aromatic heterocycles. The van der Waals surface area contributed by atoms with Crippen LogP contribution in [0.1, 0.15) is 0 Å². The van der Waals surface area contributed by atoms with E-state index in [0.29, 0.717) is 10.0 Å². The Kier molecular flexibility index (Phi) is 5.98. The van der Waals surface area contributed by atoms with Crippen LogP contribution in [0.2, 0.25) is 10.0 Å². The molecule has 0 amide bonds. The van der Waals surface area contributed by atoms with Crippen molar-refractivity contribution in [2.45, 2.75) is 0 Å². The summed E-state index contributed by atoms with van der Waals surface area (Å²) in [6, 6.07) is 15.9. The number of nitrogens with zero attached hydrogens (tertiary/aromatic N) is 5. The van der Waals surface area contributed by atoms with Crippen LogP contribution in [-0.4, -0.2) is 24.5 Å². The highest BCUT2D eigenvalue weighted by atomic mass is 79.9. The van der Waals surface area contributed by atoms with Crippen molar-refractivity contribution in [2.75, 3.05) is 0 Å². The summed E-state index contributed by atoms with van der Waals surface area (Å²) >= 11 is 15.4. The van der Waals surface area contributed by atoms with E-state index >= 15 is 0 Å². The zero-order valence-corrected chi connectivity index (χ0v) is 20.5. The number of aromatic nitrogens is 5. The largest absolute Gasteiger partial charge is 0.351 e. The lowest BCUT2D eigenvalue weighted by molar-refractivity contribution is 0.969. The van der Waals surface area contributed by atoms with E-state index in [1.165, 1.54) is 10.9 Å². The first-order valence-electron chi connectivity index (χ1n) is 10.0. The maximum absolute atomic E-state index is 6.23. The Morgan fingerprint density at radius 2 is 1.36 bits per heavy atom. The molecule has 0 bridgehead atoms. The van der Waals surface area contributed by atoms with E-state index in [1.54, 1.807) is 36.9 Å². The zero-order chi connectivity index (χ0) is 22.9. The van der Waals surface area contributed by atoms with Crippen molar-refractivity contribution in [3.63, 3.8) is 0 Å². The summed E-state index contributed by atoms with van der Waals surface area (Å²) in [7, 11) is 2.04. The highest BCUT2D eigenvalue weighted by Crippen LogP contribution is 2.32. The number of halogens is 3. The van der Waals surface area contributed by atoms with Gasteiger partial charge in [0.1, 0.15) is 5.52 Å². The van der Waals surface area contributed by atoms with Crippen LogP contribution in [-0.2, 0) is 7.05 Å². The van der Waals surface area contributed by atoms with E-state index in [9.17, 15) is 0 Å². The molecular formula is C25H16BrCl2N5. The Morgan fingerprint density at radius 1 is 0.727 bits per heavy atom. The van der Waals surface area contributed by atoms with Crippen LogP contribution in [0.3, 0.4) is 0 Å². The molecule has 0 fully saturated rings. The van der Waals surface area contributed by atoms with E-state index < -0.39 is 0 Å². The molecule has 162 valence electrons. The number of fused-ring (bicyclic) bond motifs is 3. The van der Waals surface area contributed by atoms with Crippen molar-refractivity contribution >= 4 is 72.1 Å². The summed E-state index contributed by atoms with van der Waals surface area (Å²) < 4.78 is 2.98. The molecule has 0 N–H and O–H groups in total. The van der Waals surface area contributed by atoms with Crippen LogP contribution in [0.15, 0.2) is 84.0 Å². The normalized spacial score (nSPS) is 11.0. The standard InChI is InChI=1S/C17H12ClN3.C8H4BrClN2/c1-21-7-4-11-2-3-12(8-16(11)21)14-9-13(18)10-15-17(14)20-6-5-19-15;9-6-3-5(10)4-7-8(6)12-2-1-11-7/h2-10H,1H3;1-4H. The molecule has 8 heteroatoms. The molecule has 33 heavy (non-hydrogen) atoms. The molecular weight excluding hydrogens is 521 g/mol. The third-order valence-electron chi connectivity index (χ3n) is 5.23. The fraction of sp³-hybridized carbons (Fsp3) is 0.0400. The number of aryl methyl sites for hydroxylation is 1. The van der Waals surface area contributed by atoms with Crippen LogP contribution >= 0.6 is 39.1 Å². The van der Waals surface area contributed by atoms with Crippen molar-refractivity contribution in [3.05, 3.63) is 94.0 Å². The summed E-state index contributed by atoms with van der Waals surface area (Å²) in [5.74, 6) is 0. The molecule has 0 atom stereocenters. The van der Waals surface area contributed by atoms with Crippen molar-refractivity contribution in [1.82, 2.24) is 24.5 Å². The summed E-state index contributed by atoms with van der Waals surface area (Å²) in [6.45, 7) is 0. The van der Waals surface area contributed by atoms with Crippen molar-refractivity contribution < 1.29 is 0 Å². The zero-order valence-electron chi connectivity index (χ0n) is 17.4. The number of rotatable bonds is 1. The van der Waals surface area contributed by atoms with E-state index in [2.05, 4.69) is 70.9 Å². The van der Waals surface area contributed by atoms with Gasteiger partial charge < -0.3 is 4.57 Å². The third-order valence-corrected chi connectivity index (χ3v) is 6.27. The number of benzene rings is 3. The smallest absolute Gasteiger partial charge is 0.103 e. The molecule has 5 nitrogen and oxygen atoms in total. The second-order valence-corrected chi connectivity index (χ2v) is 9.12. The SMILES string of the molecule is Clc1cc(Br)c2nccnc2c1.Cn1ccc2ccc(-c3cc(Cl)cc4nccnc34)cc21. The topological polar surface area (TPSA) is 56.5 Å². The van der Waals surface area contributed by atoms with E-state index in [4.69, 9.17) is 23.2 Å². The molecule has 0 saturated heterocycles. The van der Waals surface area contributed by atoms with Gasteiger partial charge in [0, 0.05) is 63.6 Å². The van der Waals surface area contributed by atoms with Gasteiger partial charge in [0.05, 0.1) is 16.6 Å². The molecule has 0 saturated carbocycles. The lowest BCUT2D eigenvalue weighted by Gasteiger charge is -2.07. The molecule has 0 unspecified atom stereocenters. The van der Waals surface area contributed by atoms with E-state index in [1.807, 2.05) is 19.2 Å². The molecule has 0 spiro atoms. The minimum Gasteiger partial charge on any atom is -0.351 e. The Labute approximate surface area is 208 Å². The van der Waals surface area contributed by atoms with Crippen molar-refractivity contribution in [2.24, 2.45) is 7.05 Å². The van der Waals surface area contributed by atoms with Gasteiger partial charge in [0.15, 0.2) is 0 Å². The maximum atomic E-state index is 6.23. The van der Waals surface area contributed by atoms with Crippen molar-refractivity contribution in [1.29, 1.82) is 0 Å². The Morgan fingerprint density at radius 3 is 2.12 bits per heavy atom. The second kappa shape index (κ2) is 9.06. The quantitative estimate of drug-likeness (QED) is 0.218. The first-order chi connectivity index (χ1) is 16.0. The van der Waals surface area contributed by atoms with Gasteiger partial charge in [-0.2, -0.15) is 0 Å². The summed E-state index contributed by atoms with van der Waals surface area (Å²) in [6.07, 6.45) is 8.75. The molecule has 0 aliphatic rings. The molecule has 3 heterocycles. The molecule has 0 aliphatic heterocycles. The molecule has 6 aromatic rings. The first kappa shape index (κ1) is 21.8. The molecule has 3 aromatic carbocycles. The number of hydrogen-bond acceptors (Lipinski definition) is 4. The highest BCUT2D eigenvalue weighted by molar-refractivity contribution is 9.10. The Bertz CT molecular complexity index is 1630. The van der Waals surface area contributed by atoms with Gasteiger partial charge in [0.25, 0.3) is 0 Å². The van der Waals surface area contributed by atoms with E-state index in [0.717, 1.165) is 37.7 Å². The van der Waals surface area contributed by atoms with Gasteiger partial charge in [-0.15, -0.1) is 0 Å². The predicted octanol–water partition coefficient (Wildman–Crippen LogP) is 7.49. The van der Waals surface area contributed by atoms with Gasteiger partial charge >= 0.3 is 0 Å². The lowest BCUT2D eigenvalue weighted by Crippen LogP contribution is -1.89. The van der Waals surface area contributed by atoms with Gasteiger partial charge in [0.2, 0.25) is 0 Å². The maximum Gasteiger partial charge on any atom is 0.103 e. The minimum absolute atomic E-state index is 0.662. The van der Waals surface area contributed by atoms with Crippen LogP contribution in [0, 0.1) is 0 Å². The first-order valence-corrected chi connectivity index (χ1v) is 11.6. The van der Waals surface area contributed by atoms with Crippen LogP contribution in [0.25, 0.3) is 44.1 Å². The van der Waals surface area contributed by atoms with Crippen LogP contribution in [0.4, 0.5) is 0 Å². The van der Waals surface area contributed by atoms with Gasteiger partial charge in [-0.05, 0) is 63.3 Å².